The molecule has 8 nitrogen and oxygen atoms in total. The summed E-state index contributed by atoms with van der Waals surface area (Å²) >= 11 is 6.62. The summed E-state index contributed by atoms with van der Waals surface area (Å²) in [5.41, 5.74) is 5.91. The van der Waals surface area contributed by atoms with E-state index in [-0.39, 0.29) is 23.3 Å². The molecule has 2 amide bonds. The Morgan fingerprint density at radius 1 is 0.727 bits per heavy atom. The van der Waals surface area contributed by atoms with Gasteiger partial charge < -0.3 is 10.2 Å². The zero-order chi connectivity index (χ0) is 24.1. The quantitative estimate of drug-likeness (QED) is 0.161. The topological polar surface area (TPSA) is 123 Å². The van der Waals surface area contributed by atoms with Crippen molar-refractivity contribution in [2.24, 2.45) is 10.2 Å². The Labute approximate surface area is 209 Å². The van der Waals surface area contributed by atoms with E-state index in [1.165, 1.54) is 12.4 Å². The van der Waals surface area contributed by atoms with Gasteiger partial charge in [-0.05, 0) is 49.2 Å². The molecule has 0 heterocycles. The number of halogens is 2. The van der Waals surface area contributed by atoms with Gasteiger partial charge in [-0.2, -0.15) is 10.2 Å². The first kappa shape index (κ1) is 26.5. The van der Waals surface area contributed by atoms with Gasteiger partial charge in [0.2, 0.25) is 11.8 Å². The Balaban J connectivity index is 1.52. The van der Waals surface area contributed by atoms with Crippen molar-refractivity contribution in [1.82, 2.24) is 10.9 Å². The molecule has 2 aromatic carbocycles. The Bertz CT molecular complexity index is 932. The summed E-state index contributed by atoms with van der Waals surface area (Å²) in [6, 6.07) is 9.90. The van der Waals surface area contributed by atoms with Crippen LogP contribution in [0.3, 0.4) is 0 Å². The summed E-state index contributed by atoms with van der Waals surface area (Å²) in [6.45, 7) is 0. The van der Waals surface area contributed by atoms with Crippen LogP contribution in [0.1, 0.15) is 56.1 Å². The minimum absolute atomic E-state index is 0.0837. The summed E-state index contributed by atoms with van der Waals surface area (Å²) < 4.78 is 1.61. The molecule has 0 unspecified atom stereocenters. The Hall–Kier alpha value is -2.72. The minimum Gasteiger partial charge on any atom is -0.507 e. The standard InChI is InChI=1S/C23H26Br2N4O4/c24-18-8-10-20(30)16(12-18)14-26-28-22(32)6-4-2-1-3-5-7-23(33)29-27-15-17-13-19(25)9-11-21(17)31/h8-15,30-31H,1-7H2,(H,28,32)(H,29,33). The average molecular weight is 582 g/mol. The summed E-state index contributed by atoms with van der Waals surface area (Å²) in [4.78, 5) is 23.6. The number of hydrogen-bond acceptors (Lipinski definition) is 6. The van der Waals surface area contributed by atoms with Gasteiger partial charge in [0, 0.05) is 32.9 Å². The molecule has 0 aliphatic rings. The first-order valence-electron chi connectivity index (χ1n) is 10.5. The van der Waals surface area contributed by atoms with E-state index in [4.69, 9.17) is 0 Å². The van der Waals surface area contributed by atoms with Crippen molar-refractivity contribution in [2.75, 3.05) is 0 Å². The van der Waals surface area contributed by atoms with E-state index >= 15 is 0 Å². The van der Waals surface area contributed by atoms with Crippen molar-refractivity contribution in [3.8, 4) is 11.5 Å². The van der Waals surface area contributed by atoms with Crippen molar-refractivity contribution in [3.05, 3.63) is 56.5 Å². The molecule has 33 heavy (non-hydrogen) atoms. The van der Waals surface area contributed by atoms with E-state index in [1.54, 1.807) is 36.4 Å². The monoisotopic (exact) mass is 580 g/mol. The molecular formula is C23H26Br2N4O4. The van der Waals surface area contributed by atoms with Crippen LogP contribution in [0.15, 0.2) is 55.5 Å². The van der Waals surface area contributed by atoms with E-state index in [9.17, 15) is 19.8 Å². The van der Waals surface area contributed by atoms with Gasteiger partial charge in [-0.25, -0.2) is 10.9 Å². The van der Waals surface area contributed by atoms with Crippen LogP contribution < -0.4 is 10.9 Å². The third kappa shape index (κ3) is 10.6. The zero-order valence-electron chi connectivity index (χ0n) is 17.9. The lowest BCUT2D eigenvalue weighted by Gasteiger charge is -2.03. The van der Waals surface area contributed by atoms with Crippen molar-refractivity contribution in [2.45, 2.75) is 44.9 Å². The van der Waals surface area contributed by atoms with E-state index in [2.05, 4.69) is 52.9 Å². The normalized spacial score (nSPS) is 11.2. The molecular weight excluding hydrogens is 556 g/mol. The van der Waals surface area contributed by atoms with E-state index in [0.717, 1.165) is 41.0 Å². The molecule has 0 bridgehead atoms. The third-order valence-electron chi connectivity index (χ3n) is 4.57. The minimum atomic E-state index is -0.186. The summed E-state index contributed by atoms with van der Waals surface area (Å²) in [5, 5.41) is 27.2. The lowest BCUT2D eigenvalue weighted by atomic mass is 10.1. The van der Waals surface area contributed by atoms with Crippen LogP contribution in [0, 0.1) is 0 Å². The second-order valence-electron chi connectivity index (χ2n) is 7.26. The lowest BCUT2D eigenvalue weighted by Crippen LogP contribution is -2.17. The fourth-order valence-corrected chi connectivity index (χ4v) is 3.58. The van der Waals surface area contributed by atoms with Gasteiger partial charge in [0.25, 0.3) is 0 Å². The third-order valence-corrected chi connectivity index (χ3v) is 5.56. The molecule has 0 atom stereocenters. The number of benzene rings is 2. The summed E-state index contributed by atoms with van der Waals surface area (Å²) in [7, 11) is 0. The molecule has 0 spiro atoms. The molecule has 0 fully saturated rings. The van der Waals surface area contributed by atoms with Crippen LogP contribution in [0.4, 0.5) is 0 Å². The number of carbonyl (C=O) groups excluding carboxylic acids is 2. The second kappa shape index (κ2) is 14.4. The van der Waals surface area contributed by atoms with Gasteiger partial charge in [-0.3, -0.25) is 9.59 Å². The molecule has 0 aliphatic carbocycles. The molecule has 10 heteroatoms. The van der Waals surface area contributed by atoms with Crippen molar-refractivity contribution in [3.63, 3.8) is 0 Å². The molecule has 2 rings (SSSR count). The number of nitrogens with zero attached hydrogens (tertiary/aromatic N) is 2. The van der Waals surface area contributed by atoms with Crippen LogP contribution in [0.5, 0.6) is 11.5 Å². The largest absolute Gasteiger partial charge is 0.507 e. The van der Waals surface area contributed by atoms with Gasteiger partial charge in [-0.1, -0.05) is 51.1 Å². The highest BCUT2D eigenvalue weighted by Gasteiger charge is 2.03. The van der Waals surface area contributed by atoms with Crippen LogP contribution in [0.2, 0.25) is 0 Å². The second-order valence-corrected chi connectivity index (χ2v) is 9.09. The summed E-state index contributed by atoms with van der Waals surface area (Å²) in [5.74, 6) is -0.204. The molecule has 0 radical (unpaired) electrons. The van der Waals surface area contributed by atoms with E-state index in [0.29, 0.717) is 24.0 Å². The van der Waals surface area contributed by atoms with Crippen molar-refractivity contribution < 1.29 is 19.8 Å². The predicted molar refractivity (Wildman–Crippen MR) is 135 cm³/mol. The van der Waals surface area contributed by atoms with Gasteiger partial charge in [-0.15, -0.1) is 0 Å². The van der Waals surface area contributed by atoms with E-state index in [1.807, 2.05) is 0 Å². The highest BCUT2D eigenvalue weighted by molar-refractivity contribution is 9.10. The van der Waals surface area contributed by atoms with Gasteiger partial charge in [0.1, 0.15) is 11.5 Å². The predicted octanol–water partition coefficient (Wildman–Crippen LogP) is 4.95. The van der Waals surface area contributed by atoms with Crippen LogP contribution in [-0.4, -0.2) is 34.5 Å². The lowest BCUT2D eigenvalue weighted by molar-refractivity contribution is -0.121. The fraction of sp³-hybridized carbons (Fsp3) is 0.304. The van der Waals surface area contributed by atoms with Crippen LogP contribution >= 0.6 is 31.9 Å². The molecule has 4 N–H and O–H groups in total. The fourth-order valence-electron chi connectivity index (χ4n) is 2.82. The maximum Gasteiger partial charge on any atom is 0.240 e. The number of hydrazone groups is 2. The number of amides is 2. The smallest absolute Gasteiger partial charge is 0.240 e. The summed E-state index contributed by atoms with van der Waals surface area (Å²) in [6.07, 6.45) is 7.66. The van der Waals surface area contributed by atoms with E-state index < -0.39 is 0 Å². The number of rotatable bonds is 12. The number of phenolic OH excluding ortho intramolecular Hbond substituents is 2. The van der Waals surface area contributed by atoms with Crippen molar-refractivity contribution >= 4 is 56.1 Å². The number of carbonyl (C=O) groups is 2. The zero-order valence-corrected chi connectivity index (χ0v) is 21.1. The highest BCUT2D eigenvalue weighted by Crippen LogP contribution is 2.20. The number of phenols is 2. The Morgan fingerprint density at radius 2 is 1.12 bits per heavy atom. The maximum atomic E-state index is 11.8. The first-order chi connectivity index (χ1) is 15.8. The number of hydrogen-bond donors (Lipinski definition) is 4. The number of aromatic hydroxyl groups is 2. The number of unbranched alkanes of at least 4 members (excludes halogenated alkanes) is 4. The maximum absolute atomic E-state index is 11.8. The molecule has 176 valence electrons. The van der Waals surface area contributed by atoms with Crippen LogP contribution in [-0.2, 0) is 9.59 Å². The first-order valence-corrected chi connectivity index (χ1v) is 12.0. The van der Waals surface area contributed by atoms with Crippen LogP contribution in [0.25, 0.3) is 0 Å². The van der Waals surface area contributed by atoms with Gasteiger partial charge in [0.05, 0.1) is 12.4 Å². The van der Waals surface area contributed by atoms with Crippen molar-refractivity contribution in [1.29, 1.82) is 0 Å². The van der Waals surface area contributed by atoms with Gasteiger partial charge >= 0.3 is 0 Å². The molecule has 0 saturated carbocycles. The SMILES string of the molecule is O=C(CCCCCCCC(=O)NN=Cc1cc(Br)ccc1O)NN=Cc1cc(Br)ccc1O. The Morgan fingerprint density at radius 3 is 1.55 bits per heavy atom. The molecule has 0 saturated heterocycles. The average Bonchev–Trinajstić information content (AvgIpc) is 2.77. The number of nitrogens with one attached hydrogen (secondary N) is 2. The van der Waals surface area contributed by atoms with Gasteiger partial charge in [0.15, 0.2) is 0 Å². The molecule has 2 aromatic rings. The molecule has 0 aromatic heterocycles. The Kier molecular flexibility index (Phi) is 11.6. The molecule has 0 aliphatic heterocycles. The highest BCUT2D eigenvalue weighted by atomic mass is 79.9.